The number of piperidine rings is 1. The zero-order valence-corrected chi connectivity index (χ0v) is 5.91. The Morgan fingerprint density at radius 2 is 2.64 bits per heavy atom. The van der Waals surface area contributed by atoms with Crippen molar-refractivity contribution < 1.29 is 18.8 Å². The van der Waals surface area contributed by atoms with Crippen LogP contribution in [-0.2, 0) is 9.59 Å². The quantitative estimate of drug-likeness (QED) is 0.591. The standard InChI is InChI=1S/C7H11NO3/c1-8-5(7(10)11)3-2-4-6(8)9/h5H,2-4H2,1H3,(H,10,11)/i1D3. The fourth-order valence-electron chi connectivity index (χ4n) is 1.10. The summed E-state index contributed by atoms with van der Waals surface area (Å²) in [4.78, 5) is 22.5. The van der Waals surface area contributed by atoms with Gasteiger partial charge in [-0.3, -0.25) is 4.79 Å². The van der Waals surface area contributed by atoms with E-state index in [1.54, 1.807) is 0 Å². The van der Waals surface area contributed by atoms with Crippen molar-refractivity contribution >= 4 is 11.9 Å². The molecule has 1 heterocycles. The monoisotopic (exact) mass is 160 g/mol. The number of aliphatic carboxylic acids is 1. The highest BCUT2D eigenvalue weighted by molar-refractivity contribution is 5.84. The average Bonchev–Trinajstić information content (AvgIpc) is 2.01. The second-order valence-corrected chi connectivity index (χ2v) is 2.51. The second kappa shape index (κ2) is 2.90. The number of rotatable bonds is 1. The lowest BCUT2D eigenvalue weighted by atomic mass is 10.0. The number of carboxylic acids is 1. The summed E-state index contributed by atoms with van der Waals surface area (Å²) in [6.45, 7) is -2.65. The number of nitrogens with zero attached hydrogens (tertiary/aromatic N) is 1. The van der Waals surface area contributed by atoms with Crippen molar-refractivity contribution in [1.82, 2.24) is 4.90 Å². The van der Waals surface area contributed by atoms with Gasteiger partial charge in [-0.05, 0) is 12.8 Å². The van der Waals surface area contributed by atoms with Gasteiger partial charge in [0.1, 0.15) is 6.04 Å². The molecule has 0 saturated carbocycles. The third kappa shape index (κ3) is 1.50. The topological polar surface area (TPSA) is 57.6 Å². The Morgan fingerprint density at radius 1 is 1.91 bits per heavy atom. The molecule has 0 aromatic heterocycles. The number of likely N-dealkylation sites (tertiary alicyclic amines) is 1. The maximum Gasteiger partial charge on any atom is 0.326 e. The summed E-state index contributed by atoms with van der Waals surface area (Å²) in [5.74, 6) is -1.86. The maximum absolute atomic E-state index is 11.3. The lowest BCUT2D eigenvalue weighted by Gasteiger charge is -2.28. The summed E-state index contributed by atoms with van der Waals surface area (Å²) < 4.78 is 21.2. The van der Waals surface area contributed by atoms with Crippen LogP contribution in [0.2, 0.25) is 0 Å². The number of hydrogen-bond acceptors (Lipinski definition) is 2. The van der Waals surface area contributed by atoms with Crippen LogP contribution in [0.1, 0.15) is 23.4 Å². The van der Waals surface area contributed by atoms with Crippen molar-refractivity contribution in [3.63, 3.8) is 0 Å². The van der Waals surface area contributed by atoms with Gasteiger partial charge in [0.15, 0.2) is 0 Å². The first kappa shape index (κ1) is 4.74. The van der Waals surface area contributed by atoms with Gasteiger partial charge in [-0.15, -0.1) is 0 Å². The Morgan fingerprint density at radius 3 is 3.09 bits per heavy atom. The normalized spacial score (nSPS) is 30.5. The molecule has 1 unspecified atom stereocenters. The van der Waals surface area contributed by atoms with Crippen molar-refractivity contribution in [2.24, 2.45) is 0 Å². The van der Waals surface area contributed by atoms with Gasteiger partial charge in [-0.1, -0.05) is 0 Å². The smallest absolute Gasteiger partial charge is 0.326 e. The van der Waals surface area contributed by atoms with Crippen LogP contribution >= 0.6 is 0 Å². The minimum atomic E-state index is -2.65. The van der Waals surface area contributed by atoms with Crippen molar-refractivity contribution in [3.8, 4) is 0 Å². The number of hydrogen-bond donors (Lipinski definition) is 1. The van der Waals surface area contributed by atoms with E-state index in [-0.39, 0.29) is 12.8 Å². The fraction of sp³-hybridized carbons (Fsp3) is 0.714. The minimum Gasteiger partial charge on any atom is -0.480 e. The average molecular weight is 160 g/mol. The van der Waals surface area contributed by atoms with E-state index in [9.17, 15) is 9.59 Å². The van der Waals surface area contributed by atoms with Crippen molar-refractivity contribution in [2.45, 2.75) is 25.3 Å². The molecule has 1 aliphatic rings. The zero-order valence-electron chi connectivity index (χ0n) is 8.91. The fourth-order valence-corrected chi connectivity index (χ4v) is 1.10. The van der Waals surface area contributed by atoms with E-state index in [2.05, 4.69) is 0 Å². The number of carbonyl (C=O) groups is 2. The Balaban J connectivity index is 2.93. The molecule has 1 atom stereocenters. The molecule has 62 valence electrons. The van der Waals surface area contributed by atoms with E-state index in [0.29, 0.717) is 11.3 Å². The lowest BCUT2D eigenvalue weighted by molar-refractivity contribution is -0.151. The molecule has 4 nitrogen and oxygen atoms in total. The van der Waals surface area contributed by atoms with E-state index >= 15 is 0 Å². The predicted octanol–water partition coefficient (Wildman–Crippen LogP) is 0.0819. The van der Waals surface area contributed by atoms with Gasteiger partial charge >= 0.3 is 5.97 Å². The Labute approximate surface area is 69.0 Å². The molecule has 1 fully saturated rings. The molecule has 1 N–H and O–H groups in total. The summed E-state index contributed by atoms with van der Waals surface area (Å²) in [5, 5.41) is 8.75. The molecule has 0 radical (unpaired) electrons. The Bertz CT molecular complexity index is 263. The van der Waals surface area contributed by atoms with Gasteiger partial charge in [0.2, 0.25) is 5.91 Å². The summed E-state index contributed by atoms with van der Waals surface area (Å²) >= 11 is 0. The van der Waals surface area contributed by atoms with Crippen molar-refractivity contribution in [2.75, 3.05) is 6.98 Å². The SMILES string of the molecule is [2H]C([2H])([2H])N1C(=O)CCCC1C(=O)O. The van der Waals surface area contributed by atoms with Gasteiger partial charge in [0.05, 0.1) is 0 Å². The first-order chi connectivity index (χ1) is 6.34. The molecule has 0 aromatic carbocycles. The highest BCUT2D eigenvalue weighted by Crippen LogP contribution is 2.15. The van der Waals surface area contributed by atoms with Crippen LogP contribution in [0.15, 0.2) is 0 Å². The van der Waals surface area contributed by atoms with E-state index in [0.717, 1.165) is 0 Å². The number of carboxylic acid groups (broad SMARTS) is 1. The second-order valence-electron chi connectivity index (χ2n) is 2.51. The van der Waals surface area contributed by atoms with Crippen LogP contribution in [0.4, 0.5) is 0 Å². The molecular formula is C7H11NO3. The summed E-state index contributed by atoms with van der Waals surface area (Å²) in [6, 6.07) is -1.20. The molecule has 1 rings (SSSR count). The van der Waals surface area contributed by atoms with Crippen molar-refractivity contribution in [3.05, 3.63) is 0 Å². The third-order valence-corrected chi connectivity index (χ3v) is 1.73. The highest BCUT2D eigenvalue weighted by atomic mass is 16.4. The number of amides is 1. The first-order valence-electron chi connectivity index (χ1n) is 4.89. The predicted molar refractivity (Wildman–Crippen MR) is 38.0 cm³/mol. The van der Waals surface area contributed by atoms with Gasteiger partial charge in [-0.2, -0.15) is 0 Å². The van der Waals surface area contributed by atoms with E-state index in [1.807, 2.05) is 0 Å². The third-order valence-electron chi connectivity index (χ3n) is 1.73. The molecule has 1 saturated heterocycles. The first-order valence-corrected chi connectivity index (χ1v) is 3.39. The molecule has 0 aromatic rings. The number of carbonyl (C=O) groups excluding carboxylic acids is 1. The summed E-state index contributed by atoms with van der Waals surface area (Å²) in [6.07, 6.45) is 0.754. The largest absolute Gasteiger partial charge is 0.480 e. The maximum atomic E-state index is 11.3. The Kier molecular flexibility index (Phi) is 1.25. The van der Waals surface area contributed by atoms with Gasteiger partial charge in [0, 0.05) is 17.5 Å². The van der Waals surface area contributed by atoms with Crippen LogP contribution in [0.5, 0.6) is 0 Å². The van der Waals surface area contributed by atoms with E-state index in [4.69, 9.17) is 9.22 Å². The molecule has 1 aliphatic heterocycles. The number of likely N-dealkylation sites (N-methyl/N-ethyl adjacent to an activating group) is 1. The van der Waals surface area contributed by atoms with E-state index < -0.39 is 24.9 Å². The van der Waals surface area contributed by atoms with Crippen LogP contribution in [-0.4, -0.2) is 34.9 Å². The van der Waals surface area contributed by atoms with Gasteiger partial charge < -0.3 is 10.0 Å². The molecule has 0 bridgehead atoms. The van der Waals surface area contributed by atoms with Crippen LogP contribution in [0.25, 0.3) is 0 Å². The minimum absolute atomic E-state index is 0.113. The zero-order chi connectivity index (χ0) is 10.9. The molecule has 11 heavy (non-hydrogen) atoms. The molecule has 1 amide bonds. The molecule has 0 aliphatic carbocycles. The van der Waals surface area contributed by atoms with E-state index in [1.165, 1.54) is 0 Å². The van der Waals surface area contributed by atoms with Crippen LogP contribution in [0, 0.1) is 0 Å². The van der Waals surface area contributed by atoms with Crippen LogP contribution in [0.3, 0.4) is 0 Å². The van der Waals surface area contributed by atoms with Gasteiger partial charge in [-0.25, -0.2) is 4.79 Å². The summed E-state index contributed by atoms with van der Waals surface area (Å²) in [7, 11) is 0. The molecular weight excluding hydrogens is 146 g/mol. The highest BCUT2D eigenvalue weighted by Gasteiger charge is 2.29. The molecule has 0 spiro atoms. The Hall–Kier alpha value is -1.06. The lowest BCUT2D eigenvalue weighted by Crippen LogP contribution is -2.45. The van der Waals surface area contributed by atoms with Gasteiger partial charge in [0.25, 0.3) is 0 Å². The van der Waals surface area contributed by atoms with Crippen LogP contribution < -0.4 is 0 Å². The summed E-state index contributed by atoms with van der Waals surface area (Å²) in [5.41, 5.74) is 0. The van der Waals surface area contributed by atoms with Crippen molar-refractivity contribution in [1.29, 1.82) is 0 Å². The molecule has 4 heteroatoms.